The molecule has 0 aliphatic heterocycles. The molecule has 0 aromatic carbocycles. The fraction of sp³-hybridized carbons (Fsp3) is 0.273. The van der Waals surface area contributed by atoms with Crippen LogP contribution in [0.5, 0.6) is 0 Å². The zero-order valence-electron chi connectivity index (χ0n) is 8.82. The highest BCUT2D eigenvalue weighted by molar-refractivity contribution is 8.14. The molecule has 0 atom stereocenters. The average Bonchev–Trinajstić information content (AvgIpc) is 2.33. The molecule has 0 aromatic heterocycles. The summed E-state index contributed by atoms with van der Waals surface area (Å²) in [7, 11) is 0. The van der Waals surface area contributed by atoms with E-state index in [-0.39, 0.29) is 23.2 Å². The lowest BCUT2D eigenvalue weighted by Crippen LogP contribution is -2.02. The Bertz CT molecular complexity index is 371. The maximum atomic E-state index is 11.6. The topological polar surface area (TPSA) is 43.4 Å². The van der Waals surface area contributed by atoms with E-state index in [1.165, 1.54) is 18.2 Å². The minimum Gasteiger partial charge on any atom is -0.282 e. The van der Waals surface area contributed by atoms with Crippen LogP contribution in [-0.4, -0.2) is 22.7 Å². The van der Waals surface area contributed by atoms with Crippen molar-refractivity contribution in [2.24, 2.45) is 0 Å². The van der Waals surface area contributed by atoms with Gasteiger partial charge in [-0.15, -0.1) is 18.0 Å². The maximum absolute atomic E-state index is 11.6. The van der Waals surface area contributed by atoms with Crippen molar-refractivity contribution in [3.05, 3.63) is 23.8 Å². The molecule has 0 spiro atoms. The summed E-state index contributed by atoms with van der Waals surface area (Å²) >= 11 is 6.34. The second-order valence-corrected chi connectivity index (χ2v) is 4.03. The smallest absolute Gasteiger partial charge is 0.282 e. The van der Waals surface area contributed by atoms with E-state index >= 15 is 0 Å². The molecule has 0 saturated heterocycles. The Kier molecular flexibility index (Phi) is 9.21. The molecule has 0 aliphatic carbocycles. The number of rotatable bonds is 6. The predicted molar refractivity (Wildman–Crippen MR) is 66.1 cm³/mol. The normalized spacial score (nSPS) is 11.2. The molecule has 17 heavy (non-hydrogen) atoms. The molecule has 0 bridgehead atoms. The Balaban J connectivity index is 4.26. The van der Waals surface area contributed by atoms with Crippen LogP contribution in [0.25, 0.3) is 0 Å². The van der Waals surface area contributed by atoms with Gasteiger partial charge in [0.1, 0.15) is 0 Å². The first-order chi connectivity index (χ1) is 8.15. The molecule has 0 saturated carbocycles. The van der Waals surface area contributed by atoms with E-state index in [4.69, 9.17) is 18.0 Å². The molecule has 0 N–H and O–H groups in total. The molecule has 0 fully saturated rings. The van der Waals surface area contributed by atoms with Crippen LogP contribution >= 0.6 is 23.4 Å². The van der Waals surface area contributed by atoms with Crippen molar-refractivity contribution in [2.75, 3.05) is 11.6 Å². The van der Waals surface area contributed by atoms with Crippen LogP contribution in [0.1, 0.15) is 6.42 Å². The Morgan fingerprint density at radius 3 is 2.76 bits per heavy atom. The molecule has 0 heterocycles. The van der Waals surface area contributed by atoms with Crippen molar-refractivity contribution in [3.63, 3.8) is 0 Å². The van der Waals surface area contributed by atoms with Gasteiger partial charge in [0.25, 0.3) is 0 Å². The highest BCUT2D eigenvalue weighted by Crippen LogP contribution is 2.14. The highest BCUT2D eigenvalue weighted by Gasteiger charge is 2.09. The Morgan fingerprint density at radius 1 is 1.53 bits per heavy atom. The van der Waals surface area contributed by atoms with Gasteiger partial charge in [-0.3, -0.25) is 9.74 Å². The van der Waals surface area contributed by atoms with E-state index in [1.54, 1.807) is 0 Å². The summed E-state index contributed by atoms with van der Waals surface area (Å²) in [4.78, 5) is 25.0. The van der Waals surface area contributed by atoms with Gasteiger partial charge in [-0.25, -0.2) is 4.79 Å². The predicted octanol–water partition coefficient (Wildman–Crippen LogP) is 2.42. The van der Waals surface area contributed by atoms with Crippen molar-refractivity contribution in [1.29, 1.82) is 0 Å². The zero-order valence-corrected chi connectivity index (χ0v) is 10.4. The number of carbonyl (C=O) groups is 2. The van der Waals surface area contributed by atoms with Gasteiger partial charge in [0.15, 0.2) is 0 Å². The van der Waals surface area contributed by atoms with Crippen molar-refractivity contribution in [3.8, 4) is 12.3 Å². The summed E-state index contributed by atoms with van der Waals surface area (Å²) in [5.74, 6) is 1.54. The Hall–Kier alpha value is -1.25. The zero-order chi connectivity index (χ0) is 13.1. The third kappa shape index (κ3) is 7.61. The second-order valence-electron chi connectivity index (χ2n) is 2.65. The van der Waals surface area contributed by atoms with Crippen molar-refractivity contribution >= 4 is 34.4 Å². The van der Waals surface area contributed by atoms with E-state index in [0.29, 0.717) is 5.57 Å². The maximum Gasteiger partial charge on any atom is 0.349 e. The quantitative estimate of drug-likeness (QED) is 0.323. The number of hydrogen-bond donors (Lipinski definition) is 0. The van der Waals surface area contributed by atoms with Crippen LogP contribution in [-0.2, 0) is 14.5 Å². The molecule has 0 unspecified atom stereocenters. The van der Waals surface area contributed by atoms with Crippen LogP contribution in [0.15, 0.2) is 23.8 Å². The molecule has 92 valence electrons. The molecule has 0 amide bonds. The minimum atomic E-state index is -1.01. The van der Waals surface area contributed by atoms with Crippen LogP contribution in [0.4, 0.5) is 4.53 Å². The van der Waals surface area contributed by atoms with Crippen molar-refractivity contribution < 1.29 is 19.1 Å². The molecular weight excluding hydrogens is 267 g/mol. The van der Waals surface area contributed by atoms with E-state index in [2.05, 4.69) is 10.9 Å². The van der Waals surface area contributed by atoms with Gasteiger partial charge < -0.3 is 0 Å². The molecule has 0 rings (SSSR count). The van der Waals surface area contributed by atoms with Crippen LogP contribution in [0.3, 0.4) is 0 Å². The molecular formula is C11H10ClFO3S. The third-order valence-electron chi connectivity index (χ3n) is 1.52. The van der Waals surface area contributed by atoms with Gasteiger partial charge in [-0.2, -0.15) is 0 Å². The van der Waals surface area contributed by atoms with E-state index in [0.717, 1.165) is 11.8 Å². The van der Waals surface area contributed by atoms with Gasteiger partial charge in [0.2, 0.25) is 5.12 Å². The monoisotopic (exact) mass is 276 g/mol. The molecule has 0 aliphatic rings. The van der Waals surface area contributed by atoms with E-state index in [9.17, 15) is 14.1 Å². The van der Waals surface area contributed by atoms with Gasteiger partial charge in [0, 0.05) is 21.7 Å². The summed E-state index contributed by atoms with van der Waals surface area (Å²) in [6, 6.07) is 0. The first-order valence-electron chi connectivity index (χ1n) is 4.53. The summed E-state index contributed by atoms with van der Waals surface area (Å²) in [5.41, 5.74) is 0.344. The Morgan fingerprint density at radius 2 is 2.24 bits per heavy atom. The molecule has 6 heteroatoms. The number of halogens is 2. The highest BCUT2D eigenvalue weighted by atomic mass is 35.5. The number of alkyl halides is 1. The SMILES string of the molecule is C#C/C=C\C(=C/CCl)C(=O)SCCC(=O)OF. The first kappa shape index (κ1) is 15.8. The average molecular weight is 277 g/mol. The fourth-order valence-electron chi connectivity index (χ4n) is 0.789. The largest absolute Gasteiger partial charge is 0.349 e. The lowest BCUT2D eigenvalue weighted by molar-refractivity contribution is -0.183. The van der Waals surface area contributed by atoms with Gasteiger partial charge in [-0.1, -0.05) is 23.8 Å². The molecule has 0 radical (unpaired) electrons. The summed E-state index contributed by atoms with van der Waals surface area (Å²) in [5, 5.41) is -0.288. The Labute approximate surface area is 108 Å². The summed E-state index contributed by atoms with van der Waals surface area (Å²) in [6.07, 6.45) is 9.15. The minimum absolute atomic E-state index is 0.130. The van der Waals surface area contributed by atoms with Crippen molar-refractivity contribution in [1.82, 2.24) is 0 Å². The van der Waals surface area contributed by atoms with Crippen LogP contribution < -0.4 is 0 Å². The first-order valence-corrected chi connectivity index (χ1v) is 6.05. The molecule has 3 nitrogen and oxygen atoms in total. The van der Waals surface area contributed by atoms with E-state index < -0.39 is 5.97 Å². The number of carbonyl (C=O) groups excluding carboxylic acids is 2. The second kappa shape index (κ2) is 9.94. The van der Waals surface area contributed by atoms with Crippen LogP contribution in [0, 0.1) is 12.3 Å². The van der Waals surface area contributed by atoms with Gasteiger partial charge in [-0.05, 0) is 12.2 Å². The van der Waals surface area contributed by atoms with Crippen molar-refractivity contribution in [2.45, 2.75) is 6.42 Å². The van der Waals surface area contributed by atoms with Gasteiger partial charge in [0.05, 0.1) is 6.42 Å². The number of terminal acetylenes is 1. The van der Waals surface area contributed by atoms with Crippen LogP contribution in [0.2, 0.25) is 0 Å². The standard InChI is InChI=1S/C11H10ClFO3S/c1-2-3-4-9(5-7-12)11(15)17-8-6-10(14)16-13/h1,3-5H,6-8H2/b4-3-,9-5+. The number of hydrogen-bond acceptors (Lipinski definition) is 4. The number of thioether (sulfide) groups is 1. The third-order valence-corrected chi connectivity index (χ3v) is 2.58. The molecule has 0 aromatic rings. The summed E-state index contributed by atoms with van der Waals surface area (Å²) in [6.45, 7) is 0. The van der Waals surface area contributed by atoms with Gasteiger partial charge >= 0.3 is 5.97 Å². The lowest BCUT2D eigenvalue weighted by atomic mass is 10.2. The number of allylic oxidation sites excluding steroid dienone is 3. The fourth-order valence-corrected chi connectivity index (χ4v) is 1.73. The lowest BCUT2D eigenvalue weighted by Gasteiger charge is -1.99. The summed E-state index contributed by atoms with van der Waals surface area (Å²) < 4.78 is 11.4. The van der Waals surface area contributed by atoms with E-state index in [1.807, 2.05) is 0 Å².